The Bertz CT molecular complexity index is 442. The molecule has 0 spiro atoms. The van der Waals surface area contributed by atoms with Gasteiger partial charge in [0.15, 0.2) is 0 Å². The van der Waals surface area contributed by atoms with E-state index in [9.17, 15) is 4.79 Å². The minimum absolute atomic E-state index is 0.0726. The van der Waals surface area contributed by atoms with Crippen LogP contribution in [-0.2, 0) is 4.79 Å². The van der Waals surface area contributed by atoms with Crippen LogP contribution in [0.3, 0.4) is 0 Å². The highest BCUT2D eigenvalue weighted by Crippen LogP contribution is 2.51. The molecule has 1 aliphatic rings. The van der Waals surface area contributed by atoms with Crippen LogP contribution in [-0.4, -0.2) is 18.2 Å². The molecule has 1 fully saturated rings. The predicted molar refractivity (Wildman–Crippen MR) is 61.2 cm³/mol. The van der Waals surface area contributed by atoms with Crippen LogP contribution in [0.15, 0.2) is 12.1 Å². The maximum atomic E-state index is 10.8. The zero-order valence-corrected chi connectivity index (χ0v) is 9.91. The number of hydrogen-bond donors (Lipinski definition) is 1. The molecule has 0 amide bonds. The van der Waals surface area contributed by atoms with Crippen molar-refractivity contribution in [2.24, 2.45) is 5.92 Å². The number of rotatable bonds is 3. The first kappa shape index (κ1) is 11.3. The molecule has 2 unspecified atom stereocenters. The zero-order valence-electron chi connectivity index (χ0n) is 9.16. The second-order valence-electron chi connectivity index (χ2n) is 4.13. The van der Waals surface area contributed by atoms with Crippen molar-refractivity contribution in [1.82, 2.24) is 0 Å². The molecule has 0 heterocycles. The third-order valence-electron chi connectivity index (χ3n) is 3.02. The highest BCUT2D eigenvalue weighted by atomic mass is 35.5. The molecule has 4 heteroatoms. The maximum absolute atomic E-state index is 10.8. The highest BCUT2D eigenvalue weighted by Gasteiger charge is 2.45. The number of aliphatic carboxylic acids is 1. The molecular weight excluding hydrogens is 228 g/mol. The molecule has 3 nitrogen and oxygen atoms in total. The third-order valence-corrected chi connectivity index (χ3v) is 3.43. The fourth-order valence-electron chi connectivity index (χ4n) is 1.96. The number of hydrogen-bond acceptors (Lipinski definition) is 2. The average molecular weight is 241 g/mol. The molecule has 0 radical (unpaired) electrons. The molecule has 2 atom stereocenters. The van der Waals surface area contributed by atoms with Crippen LogP contribution in [0, 0.1) is 12.8 Å². The summed E-state index contributed by atoms with van der Waals surface area (Å²) < 4.78 is 5.23. The Morgan fingerprint density at radius 3 is 2.75 bits per heavy atom. The van der Waals surface area contributed by atoms with Gasteiger partial charge in [-0.1, -0.05) is 17.7 Å². The molecule has 1 saturated carbocycles. The lowest BCUT2D eigenvalue weighted by Crippen LogP contribution is -2.00. The van der Waals surface area contributed by atoms with E-state index in [1.165, 1.54) is 0 Å². The Kier molecular flexibility index (Phi) is 2.80. The molecule has 16 heavy (non-hydrogen) atoms. The van der Waals surface area contributed by atoms with Crippen LogP contribution in [0.2, 0.25) is 5.02 Å². The third kappa shape index (κ3) is 1.87. The van der Waals surface area contributed by atoms with E-state index >= 15 is 0 Å². The quantitative estimate of drug-likeness (QED) is 0.884. The molecular formula is C12H13ClO3. The number of carboxylic acids is 1. The van der Waals surface area contributed by atoms with E-state index in [2.05, 4.69) is 0 Å². The predicted octanol–water partition coefficient (Wildman–Crippen LogP) is 2.85. The minimum atomic E-state index is -0.736. The second kappa shape index (κ2) is 3.98. The Hall–Kier alpha value is -1.22. The fourth-order valence-corrected chi connectivity index (χ4v) is 2.12. The van der Waals surface area contributed by atoms with Crippen LogP contribution < -0.4 is 4.74 Å². The van der Waals surface area contributed by atoms with Gasteiger partial charge >= 0.3 is 5.97 Å². The van der Waals surface area contributed by atoms with E-state index in [0.717, 1.165) is 11.1 Å². The van der Waals surface area contributed by atoms with Crippen molar-refractivity contribution in [2.45, 2.75) is 19.3 Å². The summed E-state index contributed by atoms with van der Waals surface area (Å²) in [5.74, 6) is -0.248. The SMILES string of the molecule is COc1cc(Cl)c(C)cc1C1CC1C(=O)O. The summed E-state index contributed by atoms with van der Waals surface area (Å²) in [6, 6.07) is 3.68. The number of aryl methyl sites for hydroxylation is 1. The van der Waals surface area contributed by atoms with Gasteiger partial charge in [-0.3, -0.25) is 4.79 Å². The summed E-state index contributed by atoms with van der Waals surface area (Å²) >= 11 is 5.99. The molecule has 0 bridgehead atoms. The summed E-state index contributed by atoms with van der Waals surface area (Å²) in [7, 11) is 1.57. The Morgan fingerprint density at radius 2 is 2.25 bits per heavy atom. The van der Waals surface area contributed by atoms with Gasteiger partial charge in [-0.2, -0.15) is 0 Å². The minimum Gasteiger partial charge on any atom is -0.496 e. The van der Waals surface area contributed by atoms with E-state index in [1.807, 2.05) is 13.0 Å². The van der Waals surface area contributed by atoms with Gasteiger partial charge in [-0.05, 0) is 30.5 Å². The van der Waals surface area contributed by atoms with Gasteiger partial charge < -0.3 is 9.84 Å². The first-order chi connectivity index (χ1) is 7.54. The molecule has 0 aromatic heterocycles. The van der Waals surface area contributed by atoms with E-state index in [1.54, 1.807) is 13.2 Å². The van der Waals surface area contributed by atoms with E-state index < -0.39 is 5.97 Å². The molecule has 0 saturated heterocycles. The zero-order chi connectivity index (χ0) is 11.9. The topological polar surface area (TPSA) is 46.5 Å². The maximum Gasteiger partial charge on any atom is 0.307 e. The van der Waals surface area contributed by atoms with E-state index in [-0.39, 0.29) is 11.8 Å². The van der Waals surface area contributed by atoms with Crippen molar-refractivity contribution in [3.05, 3.63) is 28.3 Å². The average Bonchev–Trinajstić information content (AvgIpc) is 3.01. The van der Waals surface area contributed by atoms with Crippen molar-refractivity contribution in [1.29, 1.82) is 0 Å². The number of methoxy groups -OCH3 is 1. The number of ether oxygens (including phenoxy) is 1. The van der Waals surface area contributed by atoms with Crippen molar-refractivity contribution >= 4 is 17.6 Å². The van der Waals surface area contributed by atoms with Crippen LogP contribution in [0.1, 0.15) is 23.5 Å². The highest BCUT2D eigenvalue weighted by molar-refractivity contribution is 6.31. The van der Waals surface area contributed by atoms with Gasteiger partial charge in [0.25, 0.3) is 0 Å². The van der Waals surface area contributed by atoms with Gasteiger partial charge in [0, 0.05) is 10.9 Å². The Balaban J connectivity index is 2.34. The van der Waals surface area contributed by atoms with Crippen LogP contribution in [0.25, 0.3) is 0 Å². The number of carbonyl (C=O) groups is 1. The monoisotopic (exact) mass is 240 g/mol. The Labute approximate surface area is 99.0 Å². The van der Waals surface area contributed by atoms with E-state index in [4.69, 9.17) is 21.4 Å². The van der Waals surface area contributed by atoms with Gasteiger partial charge in [0.05, 0.1) is 13.0 Å². The standard InChI is InChI=1S/C12H13ClO3/c1-6-3-8(7-4-9(7)12(14)15)11(16-2)5-10(6)13/h3,5,7,9H,4H2,1-2H3,(H,14,15). The van der Waals surface area contributed by atoms with Crippen LogP contribution >= 0.6 is 11.6 Å². The van der Waals surface area contributed by atoms with Crippen molar-refractivity contribution in [3.63, 3.8) is 0 Å². The summed E-state index contributed by atoms with van der Waals surface area (Å²) in [5, 5.41) is 9.55. The molecule has 1 N–H and O–H groups in total. The lowest BCUT2D eigenvalue weighted by atomic mass is 10.0. The second-order valence-corrected chi connectivity index (χ2v) is 4.54. The van der Waals surface area contributed by atoms with E-state index in [0.29, 0.717) is 17.2 Å². The van der Waals surface area contributed by atoms with Crippen LogP contribution in [0.4, 0.5) is 0 Å². The summed E-state index contributed by atoms with van der Waals surface area (Å²) in [6.45, 7) is 1.91. The normalized spacial score (nSPS) is 22.9. The molecule has 1 aromatic rings. The van der Waals surface area contributed by atoms with Crippen molar-refractivity contribution < 1.29 is 14.6 Å². The molecule has 86 valence electrons. The number of halogens is 1. The largest absolute Gasteiger partial charge is 0.496 e. The summed E-state index contributed by atoms with van der Waals surface area (Å²) in [4.78, 5) is 10.8. The number of benzene rings is 1. The Morgan fingerprint density at radius 1 is 1.56 bits per heavy atom. The summed E-state index contributed by atoms with van der Waals surface area (Å²) in [6.07, 6.45) is 0.687. The first-order valence-electron chi connectivity index (χ1n) is 5.11. The van der Waals surface area contributed by atoms with Crippen molar-refractivity contribution in [3.8, 4) is 5.75 Å². The molecule has 2 rings (SSSR count). The molecule has 1 aromatic carbocycles. The first-order valence-corrected chi connectivity index (χ1v) is 5.49. The van der Waals surface area contributed by atoms with Crippen molar-refractivity contribution in [2.75, 3.05) is 7.11 Å². The summed E-state index contributed by atoms with van der Waals surface area (Å²) in [5.41, 5.74) is 1.91. The fraction of sp³-hybridized carbons (Fsp3) is 0.417. The van der Waals surface area contributed by atoms with Gasteiger partial charge in [-0.15, -0.1) is 0 Å². The molecule has 0 aliphatic heterocycles. The lowest BCUT2D eigenvalue weighted by Gasteiger charge is -2.10. The molecule has 1 aliphatic carbocycles. The van der Waals surface area contributed by atoms with Gasteiger partial charge in [0.2, 0.25) is 0 Å². The lowest BCUT2D eigenvalue weighted by molar-refractivity contribution is -0.138. The number of carboxylic acid groups (broad SMARTS) is 1. The van der Waals surface area contributed by atoms with Gasteiger partial charge in [0.1, 0.15) is 5.75 Å². The van der Waals surface area contributed by atoms with Gasteiger partial charge in [-0.25, -0.2) is 0 Å². The van der Waals surface area contributed by atoms with Crippen LogP contribution in [0.5, 0.6) is 5.75 Å². The smallest absolute Gasteiger partial charge is 0.307 e.